The quantitative estimate of drug-likeness (QED) is 0.903. The minimum absolute atomic E-state index is 0.208. The standard InChI is InChI=1S/C14H15FN2S/c15-11-3-1-2-10(7-11)14-17-12-5-4-9(8-16)6-13(12)18-14/h1-3,7,9H,4-6,8,16H2. The monoisotopic (exact) mass is 262 g/mol. The molecule has 4 heteroatoms. The van der Waals surface area contributed by atoms with Gasteiger partial charge in [0.25, 0.3) is 0 Å². The third kappa shape index (κ3) is 2.18. The molecule has 1 aliphatic rings. The summed E-state index contributed by atoms with van der Waals surface area (Å²) < 4.78 is 13.2. The summed E-state index contributed by atoms with van der Waals surface area (Å²) in [6.45, 7) is 0.743. The minimum atomic E-state index is -0.208. The van der Waals surface area contributed by atoms with Gasteiger partial charge in [-0.2, -0.15) is 0 Å². The molecular weight excluding hydrogens is 247 g/mol. The smallest absolute Gasteiger partial charge is 0.123 e. The number of thiazole rings is 1. The number of aryl methyl sites for hydroxylation is 1. The molecule has 0 bridgehead atoms. The molecule has 2 N–H and O–H groups in total. The van der Waals surface area contributed by atoms with Crippen LogP contribution in [0, 0.1) is 11.7 Å². The third-order valence-corrected chi connectivity index (χ3v) is 4.62. The largest absolute Gasteiger partial charge is 0.330 e. The molecule has 0 saturated carbocycles. The molecule has 1 atom stereocenters. The molecule has 0 fully saturated rings. The lowest BCUT2D eigenvalue weighted by molar-refractivity contribution is 0.470. The van der Waals surface area contributed by atoms with Crippen molar-refractivity contribution in [2.45, 2.75) is 19.3 Å². The van der Waals surface area contributed by atoms with Gasteiger partial charge in [0.1, 0.15) is 10.8 Å². The molecular formula is C14H15FN2S. The topological polar surface area (TPSA) is 38.9 Å². The maximum absolute atomic E-state index is 13.2. The van der Waals surface area contributed by atoms with Crippen molar-refractivity contribution in [3.63, 3.8) is 0 Å². The molecule has 1 aromatic heterocycles. The summed E-state index contributed by atoms with van der Waals surface area (Å²) >= 11 is 1.68. The lowest BCUT2D eigenvalue weighted by atomic mass is 9.91. The van der Waals surface area contributed by atoms with Crippen molar-refractivity contribution < 1.29 is 4.39 Å². The zero-order valence-corrected chi connectivity index (χ0v) is 10.8. The Bertz CT molecular complexity index is 565. The predicted octanol–water partition coefficient (Wildman–Crippen LogP) is 3.01. The first kappa shape index (κ1) is 11.8. The molecule has 3 rings (SSSR count). The number of fused-ring (bicyclic) bond motifs is 1. The SMILES string of the molecule is NCC1CCc2nc(-c3cccc(F)c3)sc2C1. The Balaban J connectivity index is 1.94. The number of hydrogen-bond acceptors (Lipinski definition) is 3. The number of benzene rings is 1. The summed E-state index contributed by atoms with van der Waals surface area (Å²) in [6.07, 6.45) is 3.15. The van der Waals surface area contributed by atoms with E-state index in [9.17, 15) is 4.39 Å². The van der Waals surface area contributed by atoms with Crippen LogP contribution < -0.4 is 5.73 Å². The molecule has 2 aromatic rings. The highest BCUT2D eigenvalue weighted by Crippen LogP contribution is 2.34. The fraction of sp³-hybridized carbons (Fsp3) is 0.357. The fourth-order valence-electron chi connectivity index (χ4n) is 2.39. The van der Waals surface area contributed by atoms with E-state index < -0.39 is 0 Å². The number of rotatable bonds is 2. The van der Waals surface area contributed by atoms with Crippen LogP contribution in [0.2, 0.25) is 0 Å². The van der Waals surface area contributed by atoms with Gasteiger partial charge in [-0.3, -0.25) is 0 Å². The van der Waals surface area contributed by atoms with Gasteiger partial charge in [-0.25, -0.2) is 9.37 Å². The first-order chi connectivity index (χ1) is 8.76. The highest BCUT2D eigenvalue weighted by atomic mass is 32.1. The van der Waals surface area contributed by atoms with Crippen LogP contribution in [0.15, 0.2) is 24.3 Å². The first-order valence-corrected chi connectivity index (χ1v) is 7.02. The van der Waals surface area contributed by atoms with Crippen LogP contribution in [0.4, 0.5) is 4.39 Å². The molecule has 1 aliphatic carbocycles. The van der Waals surface area contributed by atoms with Crippen molar-refractivity contribution in [2.75, 3.05) is 6.54 Å². The zero-order chi connectivity index (χ0) is 12.5. The van der Waals surface area contributed by atoms with E-state index in [1.54, 1.807) is 23.5 Å². The minimum Gasteiger partial charge on any atom is -0.330 e. The number of nitrogens with zero attached hydrogens (tertiary/aromatic N) is 1. The first-order valence-electron chi connectivity index (χ1n) is 6.21. The van der Waals surface area contributed by atoms with Crippen molar-refractivity contribution in [3.8, 4) is 10.6 Å². The second kappa shape index (κ2) is 4.78. The van der Waals surface area contributed by atoms with Crippen LogP contribution in [0.25, 0.3) is 10.6 Å². The Morgan fingerprint density at radius 3 is 3.11 bits per heavy atom. The summed E-state index contributed by atoms with van der Waals surface area (Å²) in [6, 6.07) is 6.65. The highest BCUT2D eigenvalue weighted by molar-refractivity contribution is 7.15. The van der Waals surface area contributed by atoms with Crippen LogP contribution in [-0.4, -0.2) is 11.5 Å². The maximum Gasteiger partial charge on any atom is 0.123 e. The van der Waals surface area contributed by atoms with Gasteiger partial charge in [0, 0.05) is 10.4 Å². The molecule has 2 nitrogen and oxygen atoms in total. The average molecular weight is 262 g/mol. The summed E-state index contributed by atoms with van der Waals surface area (Å²) in [4.78, 5) is 5.97. The van der Waals surface area contributed by atoms with E-state index >= 15 is 0 Å². The van der Waals surface area contributed by atoms with Crippen LogP contribution in [0.1, 0.15) is 17.0 Å². The number of nitrogens with two attached hydrogens (primary N) is 1. The van der Waals surface area contributed by atoms with Gasteiger partial charge in [-0.05, 0) is 43.9 Å². The summed E-state index contributed by atoms with van der Waals surface area (Å²) in [5.74, 6) is 0.374. The van der Waals surface area contributed by atoms with Crippen LogP contribution in [0.3, 0.4) is 0 Å². The van der Waals surface area contributed by atoms with Crippen LogP contribution >= 0.6 is 11.3 Å². The van der Waals surface area contributed by atoms with Crippen molar-refractivity contribution in [2.24, 2.45) is 11.7 Å². The van der Waals surface area contributed by atoms with Gasteiger partial charge in [0.2, 0.25) is 0 Å². The number of hydrogen-bond donors (Lipinski definition) is 1. The fourth-order valence-corrected chi connectivity index (χ4v) is 3.61. The van der Waals surface area contributed by atoms with Crippen LogP contribution in [0.5, 0.6) is 0 Å². The molecule has 0 radical (unpaired) electrons. The summed E-state index contributed by atoms with van der Waals surface area (Å²) in [5, 5.41) is 0.928. The van der Waals surface area contributed by atoms with Crippen molar-refractivity contribution in [3.05, 3.63) is 40.7 Å². The number of aromatic nitrogens is 1. The van der Waals surface area contributed by atoms with E-state index in [4.69, 9.17) is 5.73 Å². The highest BCUT2D eigenvalue weighted by Gasteiger charge is 2.22. The van der Waals surface area contributed by atoms with Crippen molar-refractivity contribution in [1.82, 2.24) is 4.98 Å². The maximum atomic E-state index is 13.2. The van der Waals surface area contributed by atoms with E-state index in [2.05, 4.69) is 4.98 Å². The van der Waals surface area contributed by atoms with Crippen molar-refractivity contribution >= 4 is 11.3 Å². The molecule has 1 aromatic carbocycles. The predicted molar refractivity (Wildman–Crippen MR) is 72.1 cm³/mol. The molecule has 1 heterocycles. The molecule has 0 saturated heterocycles. The molecule has 0 aliphatic heterocycles. The van der Waals surface area contributed by atoms with E-state index in [0.29, 0.717) is 5.92 Å². The Labute approximate surface area is 110 Å². The van der Waals surface area contributed by atoms with E-state index in [0.717, 1.165) is 36.4 Å². The summed E-state index contributed by atoms with van der Waals surface area (Å²) in [5.41, 5.74) is 7.79. The van der Waals surface area contributed by atoms with Crippen molar-refractivity contribution in [1.29, 1.82) is 0 Å². The van der Waals surface area contributed by atoms with Crippen LogP contribution in [-0.2, 0) is 12.8 Å². The Morgan fingerprint density at radius 1 is 1.44 bits per heavy atom. The lowest BCUT2D eigenvalue weighted by Crippen LogP contribution is -2.21. The van der Waals surface area contributed by atoms with Gasteiger partial charge < -0.3 is 5.73 Å². The Kier molecular flexibility index (Phi) is 3.14. The van der Waals surface area contributed by atoms with Gasteiger partial charge in [-0.1, -0.05) is 12.1 Å². The molecule has 94 valence electrons. The Morgan fingerprint density at radius 2 is 2.33 bits per heavy atom. The second-order valence-electron chi connectivity index (χ2n) is 4.74. The molecule has 18 heavy (non-hydrogen) atoms. The summed E-state index contributed by atoms with van der Waals surface area (Å²) in [7, 11) is 0. The molecule has 1 unspecified atom stereocenters. The van der Waals surface area contributed by atoms with E-state index in [1.165, 1.54) is 16.6 Å². The van der Waals surface area contributed by atoms with Gasteiger partial charge in [0.05, 0.1) is 5.69 Å². The third-order valence-electron chi connectivity index (χ3n) is 3.45. The Hall–Kier alpha value is -1.26. The molecule has 0 spiro atoms. The average Bonchev–Trinajstić information content (AvgIpc) is 2.81. The van der Waals surface area contributed by atoms with Gasteiger partial charge >= 0.3 is 0 Å². The normalized spacial score (nSPS) is 18.7. The number of halogens is 1. The van der Waals surface area contributed by atoms with Gasteiger partial charge in [0.15, 0.2) is 0 Å². The lowest BCUT2D eigenvalue weighted by Gasteiger charge is -2.18. The zero-order valence-electron chi connectivity index (χ0n) is 10.0. The molecule has 0 amide bonds. The second-order valence-corrected chi connectivity index (χ2v) is 5.83. The van der Waals surface area contributed by atoms with Gasteiger partial charge in [-0.15, -0.1) is 11.3 Å². The van der Waals surface area contributed by atoms with E-state index in [-0.39, 0.29) is 5.82 Å². The van der Waals surface area contributed by atoms with E-state index in [1.807, 2.05) is 6.07 Å².